The maximum absolute atomic E-state index is 6.16. The molecular formula is C12H4Cl6. The molecule has 2 aromatic carbocycles. The lowest BCUT2D eigenvalue weighted by molar-refractivity contribution is 1.61. The fraction of sp³-hybridized carbons (Fsp3) is 0. The topological polar surface area (TPSA) is 0 Å². The summed E-state index contributed by atoms with van der Waals surface area (Å²) in [6, 6.07) is 6.54. The molecular weight excluding hydrogens is 357 g/mol. The van der Waals surface area contributed by atoms with Gasteiger partial charge in [-0.25, -0.2) is 0 Å². The lowest BCUT2D eigenvalue weighted by Gasteiger charge is -2.11. The van der Waals surface area contributed by atoms with E-state index in [1.807, 2.05) is 0 Å². The SMILES string of the molecule is Clc1cc(Cl)cc(-c2c(Cl)cc(Cl)c(Cl)c2Cl)c1. The Morgan fingerprint density at radius 3 is 1.67 bits per heavy atom. The van der Waals surface area contributed by atoms with Gasteiger partial charge in [-0.2, -0.15) is 0 Å². The monoisotopic (exact) mass is 358 g/mol. The highest BCUT2D eigenvalue weighted by molar-refractivity contribution is 6.51. The van der Waals surface area contributed by atoms with Gasteiger partial charge in [-0.15, -0.1) is 0 Å². The standard InChI is InChI=1S/C12H4Cl6/c13-6-1-5(2-7(14)3-6)10-8(15)4-9(16)11(17)12(10)18/h1-4H. The zero-order valence-electron chi connectivity index (χ0n) is 8.58. The van der Waals surface area contributed by atoms with Crippen LogP contribution in [-0.2, 0) is 0 Å². The van der Waals surface area contributed by atoms with Gasteiger partial charge in [0.25, 0.3) is 0 Å². The quantitative estimate of drug-likeness (QED) is 0.370. The molecule has 0 nitrogen and oxygen atoms in total. The molecule has 0 aliphatic carbocycles. The van der Waals surface area contributed by atoms with Crippen LogP contribution in [0.3, 0.4) is 0 Å². The number of halogens is 6. The zero-order valence-corrected chi connectivity index (χ0v) is 13.1. The van der Waals surface area contributed by atoms with Gasteiger partial charge in [0, 0.05) is 15.6 Å². The van der Waals surface area contributed by atoms with E-state index in [-0.39, 0.29) is 10.0 Å². The molecule has 0 fully saturated rings. The van der Waals surface area contributed by atoms with Crippen molar-refractivity contribution in [3.8, 4) is 11.1 Å². The first-order valence-electron chi connectivity index (χ1n) is 4.69. The Morgan fingerprint density at radius 1 is 0.556 bits per heavy atom. The Bertz CT molecular complexity index is 600. The van der Waals surface area contributed by atoms with E-state index in [2.05, 4.69) is 0 Å². The van der Waals surface area contributed by atoms with Gasteiger partial charge in [0.2, 0.25) is 0 Å². The molecule has 0 radical (unpaired) electrons. The second kappa shape index (κ2) is 5.66. The van der Waals surface area contributed by atoms with E-state index < -0.39 is 0 Å². The van der Waals surface area contributed by atoms with Crippen molar-refractivity contribution in [3.63, 3.8) is 0 Å². The number of benzene rings is 2. The third-order valence-corrected chi connectivity index (χ3v) is 4.26. The third-order valence-electron chi connectivity index (χ3n) is 2.27. The van der Waals surface area contributed by atoms with Gasteiger partial charge < -0.3 is 0 Å². The molecule has 94 valence electrons. The first kappa shape index (κ1) is 14.6. The van der Waals surface area contributed by atoms with Crippen LogP contribution in [0.4, 0.5) is 0 Å². The Labute approximate surface area is 134 Å². The average Bonchev–Trinajstić information content (AvgIpc) is 2.24. The van der Waals surface area contributed by atoms with Crippen molar-refractivity contribution in [2.75, 3.05) is 0 Å². The number of hydrogen-bond donors (Lipinski definition) is 0. The summed E-state index contributed by atoms with van der Waals surface area (Å²) in [5.74, 6) is 0. The summed E-state index contributed by atoms with van der Waals surface area (Å²) in [5.41, 5.74) is 1.23. The maximum atomic E-state index is 6.16. The normalized spacial score (nSPS) is 10.8. The largest absolute Gasteiger partial charge is 0.0843 e. The molecule has 0 aliphatic rings. The number of hydrogen-bond acceptors (Lipinski definition) is 0. The van der Waals surface area contributed by atoms with Crippen molar-refractivity contribution < 1.29 is 0 Å². The molecule has 2 rings (SSSR count). The fourth-order valence-corrected chi connectivity index (χ4v) is 3.19. The number of rotatable bonds is 1. The van der Waals surface area contributed by atoms with Crippen molar-refractivity contribution in [1.29, 1.82) is 0 Å². The van der Waals surface area contributed by atoms with E-state index >= 15 is 0 Å². The molecule has 2 aromatic rings. The van der Waals surface area contributed by atoms with E-state index in [1.165, 1.54) is 6.07 Å². The first-order chi connectivity index (χ1) is 8.40. The minimum absolute atomic E-state index is 0.244. The average molecular weight is 361 g/mol. The molecule has 0 saturated carbocycles. The molecule has 0 aliphatic heterocycles. The van der Waals surface area contributed by atoms with Crippen LogP contribution in [0, 0.1) is 0 Å². The van der Waals surface area contributed by atoms with Crippen molar-refractivity contribution in [2.45, 2.75) is 0 Å². The highest BCUT2D eigenvalue weighted by atomic mass is 35.5. The highest BCUT2D eigenvalue weighted by Gasteiger charge is 2.16. The summed E-state index contributed by atoms with van der Waals surface area (Å²) < 4.78 is 0. The summed E-state index contributed by atoms with van der Waals surface area (Å²) >= 11 is 36.1. The lowest BCUT2D eigenvalue weighted by atomic mass is 10.1. The molecule has 0 bridgehead atoms. The van der Waals surface area contributed by atoms with E-state index in [0.717, 1.165) is 0 Å². The van der Waals surface area contributed by atoms with E-state index in [1.54, 1.807) is 18.2 Å². The van der Waals surface area contributed by atoms with Gasteiger partial charge in [0.15, 0.2) is 0 Å². The van der Waals surface area contributed by atoms with Crippen LogP contribution in [0.2, 0.25) is 30.1 Å². The van der Waals surface area contributed by atoms with Crippen LogP contribution >= 0.6 is 69.6 Å². The van der Waals surface area contributed by atoms with Gasteiger partial charge in [-0.1, -0.05) is 69.6 Å². The van der Waals surface area contributed by atoms with Crippen molar-refractivity contribution in [2.24, 2.45) is 0 Å². The summed E-state index contributed by atoms with van der Waals surface area (Å²) in [4.78, 5) is 0. The second-order valence-corrected chi connectivity index (χ2v) is 5.94. The minimum atomic E-state index is 0.244. The van der Waals surface area contributed by atoms with Crippen LogP contribution < -0.4 is 0 Å². The molecule has 0 N–H and O–H groups in total. The van der Waals surface area contributed by atoms with Crippen LogP contribution in [0.25, 0.3) is 11.1 Å². The van der Waals surface area contributed by atoms with Gasteiger partial charge >= 0.3 is 0 Å². The predicted molar refractivity (Wildman–Crippen MR) is 81.9 cm³/mol. The Morgan fingerprint density at radius 2 is 1.11 bits per heavy atom. The van der Waals surface area contributed by atoms with Gasteiger partial charge in [-0.3, -0.25) is 0 Å². The van der Waals surface area contributed by atoms with E-state index in [9.17, 15) is 0 Å². The first-order valence-corrected chi connectivity index (χ1v) is 6.96. The molecule has 0 unspecified atom stereocenters. The Balaban J connectivity index is 2.75. The summed E-state index contributed by atoms with van der Waals surface area (Å²) in [5, 5.41) is 2.16. The molecule has 0 amide bonds. The Hall–Kier alpha value is 0.180. The van der Waals surface area contributed by atoms with Crippen molar-refractivity contribution >= 4 is 69.6 Å². The maximum Gasteiger partial charge on any atom is 0.0785 e. The van der Waals surface area contributed by atoms with Gasteiger partial charge in [0.1, 0.15) is 0 Å². The van der Waals surface area contributed by atoms with Crippen LogP contribution in [0.15, 0.2) is 24.3 Å². The van der Waals surface area contributed by atoms with Crippen LogP contribution in [0.5, 0.6) is 0 Å². The zero-order chi connectivity index (χ0) is 13.4. The summed E-state index contributed by atoms with van der Waals surface area (Å²) in [7, 11) is 0. The molecule has 18 heavy (non-hydrogen) atoms. The van der Waals surface area contributed by atoms with Gasteiger partial charge in [0.05, 0.1) is 20.1 Å². The van der Waals surface area contributed by atoms with Crippen molar-refractivity contribution in [1.82, 2.24) is 0 Å². The second-order valence-electron chi connectivity index (χ2n) is 3.50. The summed E-state index contributed by atoms with van der Waals surface area (Å²) in [6.45, 7) is 0. The van der Waals surface area contributed by atoms with E-state index in [4.69, 9.17) is 69.6 Å². The fourth-order valence-electron chi connectivity index (χ4n) is 1.53. The molecule has 0 spiro atoms. The Kier molecular flexibility index (Phi) is 4.59. The molecule has 6 heteroatoms. The van der Waals surface area contributed by atoms with Crippen LogP contribution in [-0.4, -0.2) is 0 Å². The van der Waals surface area contributed by atoms with Crippen LogP contribution in [0.1, 0.15) is 0 Å². The highest BCUT2D eigenvalue weighted by Crippen LogP contribution is 2.44. The van der Waals surface area contributed by atoms with Gasteiger partial charge in [-0.05, 0) is 29.8 Å². The van der Waals surface area contributed by atoms with Crippen molar-refractivity contribution in [3.05, 3.63) is 54.4 Å². The summed E-state index contributed by atoms with van der Waals surface area (Å²) in [6.07, 6.45) is 0. The molecule has 0 saturated heterocycles. The molecule has 0 atom stereocenters. The smallest absolute Gasteiger partial charge is 0.0785 e. The van der Waals surface area contributed by atoms with E-state index in [0.29, 0.717) is 31.2 Å². The predicted octanol–water partition coefficient (Wildman–Crippen LogP) is 7.27. The molecule has 0 aromatic heterocycles. The third kappa shape index (κ3) is 2.85. The lowest BCUT2D eigenvalue weighted by Crippen LogP contribution is -1.85. The molecule has 0 heterocycles. The minimum Gasteiger partial charge on any atom is -0.0843 e.